The van der Waals surface area contributed by atoms with Crippen molar-refractivity contribution in [3.8, 4) is 0 Å². The number of nitrogens with two attached hydrogens (primary N) is 1. The summed E-state index contributed by atoms with van der Waals surface area (Å²) in [5.74, 6) is -0.538. The maximum Gasteiger partial charge on any atom is 0.145 e. The standard InChI is InChI=1S/C14H10F2N2S2/c15-8-5-11(16)14-12(6-8)18-13(20-14)7-19-10-3-1-9(17)2-4-10/h1-6H,7,17H2. The van der Waals surface area contributed by atoms with E-state index in [1.165, 1.54) is 17.4 Å². The van der Waals surface area contributed by atoms with E-state index in [-0.39, 0.29) is 0 Å². The molecule has 3 aromatic rings. The van der Waals surface area contributed by atoms with E-state index < -0.39 is 11.6 Å². The SMILES string of the molecule is Nc1ccc(SCc2nc3cc(F)cc(F)c3s2)cc1. The van der Waals surface area contributed by atoms with Crippen LogP contribution < -0.4 is 5.73 Å². The molecule has 2 aromatic carbocycles. The summed E-state index contributed by atoms with van der Waals surface area (Å²) in [5.41, 5.74) is 6.71. The lowest BCUT2D eigenvalue weighted by Gasteiger charge is -1.99. The fourth-order valence-corrected chi connectivity index (χ4v) is 3.62. The molecule has 2 nitrogen and oxygen atoms in total. The van der Waals surface area contributed by atoms with Crippen molar-refractivity contribution in [2.45, 2.75) is 10.6 Å². The number of thioether (sulfide) groups is 1. The largest absolute Gasteiger partial charge is 0.399 e. The van der Waals surface area contributed by atoms with Gasteiger partial charge in [-0.2, -0.15) is 0 Å². The quantitative estimate of drug-likeness (QED) is 0.574. The third-order valence-electron chi connectivity index (χ3n) is 2.70. The Morgan fingerprint density at radius 3 is 2.65 bits per heavy atom. The van der Waals surface area contributed by atoms with Crippen LogP contribution in [0.1, 0.15) is 5.01 Å². The molecule has 20 heavy (non-hydrogen) atoms. The number of thiazole rings is 1. The minimum Gasteiger partial charge on any atom is -0.399 e. The lowest BCUT2D eigenvalue weighted by Crippen LogP contribution is -1.83. The van der Waals surface area contributed by atoms with Gasteiger partial charge in [0.2, 0.25) is 0 Å². The molecule has 0 atom stereocenters. The van der Waals surface area contributed by atoms with Crippen LogP contribution in [0.15, 0.2) is 41.3 Å². The van der Waals surface area contributed by atoms with Crippen LogP contribution in [0, 0.1) is 11.6 Å². The van der Waals surface area contributed by atoms with Crippen LogP contribution in [0.2, 0.25) is 0 Å². The first-order valence-electron chi connectivity index (χ1n) is 5.84. The van der Waals surface area contributed by atoms with Crippen LogP contribution >= 0.6 is 23.1 Å². The Labute approximate surface area is 122 Å². The van der Waals surface area contributed by atoms with Crippen LogP contribution in [0.25, 0.3) is 10.2 Å². The molecule has 0 spiro atoms. The van der Waals surface area contributed by atoms with Gasteiger partial charge >= 0.3 is 0 Å². The summed E-state index contributed by atoms with van der Waals surface area (Å²) in [6, 6.07) is 9.65. The van der Waals surface area contributed by atoms with Gasteiger partial charge in [0.25, 0.3) is 0 Å². The zero-order valence-corrected chi connectivity index (χ0v) is 11.9. The molecule has 0 saturated carbocycles. The van der Waals surface area contributed by atoms with Gasteiger partial charge in [-0.05, 0) is 24.3 Å². The van der Waals surface area contributed by atoms with Crippen molar-refractivity contribution >= 4 is 39.0 Å². The lowest BCUT2D eigenvalue weighted by atomic mass is 10.3. The van der Waals surface area contributed by atoms with Crippen molar-refractivity contribution in [1.82, 2.24) is 4.98 Å². The molecule has 0 amide bonds. The van der Waals surface area contributed by atoms with Gasteiger partial charge in [-0.1, -0.05) is 0 Å². The van der Waals surface area contributed by atoms with E-state index in [0.29, 0.717) is 21.7 Å². The number of nitrogens with zero attached hydrogens (tertiary/aromatic N) is 1. The predicted molar refractivity (Wildman–Crippen MR) is 80.0 cm³/mol. The van der Waals surface area contributed by atoms with Crippen molar-refractivity contribution in [2.75, 3.05) is 5.73 Å². The zero-order valence-electron chi connectivity index (χ0n) is 10.3. The summed E-state index contributed by atoms with van der Waals surface area (Å²) in [4.78, 5) is 5.32. The van der Waals surface area contributed by atoms with E-state index in [9.17, 15) is 8.78 Å². The summed E-state index contributed by atoms with van der Waals surface area (Å²) in [6.07, 6.45) is 0. The van der Waals surface area contributed by atoms with Crippen molar-refractivity contribution < 1.29 is 8.78 Å². The Balaban J connectivity index is 1.81. The average Bonchev–Trinajstić information content (AvgIpc) is 2.81. The Morgan fingerprint density at radius 2 is 1.90 bits per heavy atom. The molecule has 0 radical (unpaired) electrons. The third-order valence-corrected chi connectivity index (χ3v) is 4.98. The van der Waals surface area contributed by atoms with E-state index in [2.05, 4.69) is 4.98 Å². The van der Waals surface area contributed by atoms with Gasteiger partial charge in [0.05, 0.1) is 16.0 Å². The van der Waals surface area contributed by atoms with Crippen LogP contribution in [0.5, 0.6) is 0 Å². The van der Waals surface area contributed by atoms with Gasteiger partial charge < -0.3 is 5.73 Å². The van der Waals surface area contributed by atoms with E-state index in [1.807, 2.05) is 24.3 Å². The van der Waals surface area contributed by atoms with Gasteiger partial charge in [0, 0.05) is 22.7 Å². The molecule has 2 N–H and O–H groups in total. The number of fused-ring (bicyclic) bond motifs is 1. The van der Waals surface area contributed by atoms with E-state index >= 15 is 0 Å². The molecule has 0 saturated heterocycles. The average molecular weight is 308 g/mol. The summed E-state index contributed by atoms with van der Waals surface area (Å²) in [6.45, 7) is 0. The molecule has 6 heteroatoms. The highest BCUT2D eigenvalue weighted by molar-refractivity contribution is 7.98. The molecule has 0 bridgehead atoms. The predicted octanol–water partition coefficient (Wildman–Crippen LogP) is 4.45. The topological polar surface area (TPSA) is 38.9 Å². The van der Waals surface area contributed by atoms with Crippen molar-refractivity contribution in [3.63, 3.8) is 0 Å². The van der Waals surface area contributed by atoms with Crippen LogP contribution in [-0.2, 0) is 5.75 Å². The minimum atomic E-state index is -0.599. The van der Waals surface area contributed by atoms with Crippen LogP contribution in [-0.4, -0.2) is 4.98 Å². The van der Waals surface area contributed by atoms with Gasteiger partial charge in [-0.3, -0.25) is 0 Å². The zero-order chi connectivity index (χ0) is 14.1. The number of aromatic nitrogens is 1. The second kappa shape index (κ2) is 5.38. The van der Waals surface area contributed by atoms with Gasteiger partial charge in [-0.25, -0.2) is 13.8 Å². The summed E-state index contributed by atoms with van der Waals surface area (Å²) in [7, 11) is 0. The molecule has 0 fully saturated rings. The third kappa shape index (κ3) is 2.76. The number of benzene rings is 2. The van der Waals surface area contributed by atoms with Crippen molar-refractivity contribution in [3.05, 3.63) is 53.0 Å². The number of hydrogen-bond donors (Lipinski definition) is 1. The second-order valence-corrected chi connectivity index (χ2v) is 6.33. The smallest absolute Gasteiger partial charge is 0.145 e. The van der Waals surface area contributed by atoms with Crippen LogP contribution in [0.4, 0.5) is 14.5 Å². The number of hydrogen-bond acceptors (Lipinski definition) is 4. The molecular formula is C14H10F2N2S2. The normalized spacial score (nSPS) is 11.1. The highest BCUT2D eigenvalue weighted by Crippen LogP contribution is 2.30. The molecule has 0 aliphatic heterocycles. The van der Waals surface area contributed by atoms with E-state index in [4.69, 9.17) is 5.73 Å². The van der Waals surface area contributed by atoms with Gasteiger partial charge in [-0.15, -0.1) is 23.1 Å². The summed E-state index contributed by atoms with van der Waals surface area (Å²) in [5, 5.41) is 0.770. The van der Waals surface area contributed by atoms with E-state index in [0.717, 1.165) is 16.0 Å². The Morgan fingerprint density at radius 1 is 1.15 bits per heavy atom. The maximum atomic E-state index is 13.6. The van der Waals surface area contributed by atoms with E-state index in [1.54, 1.807) is 11.8 Å². The molecule has 102 valence electrons. The molecule has 0 unspecified atom stereocenters. The molecule has 0 aliphatic rings. The summed E-state index contributed by atoms with van der Waals surface area (Å²) < 4.78 is 27.1. The fraction of sp³-hybridized carbons (Fsp3) is 0.0714. The molecule has 1 heterocycles. The fourth-order valence-electron chi connectivity index (χ4n) is 1.78. The molecule has 1 aromatic heterocycles. The number of anilines is 1. The summed E-state index contributed by atoms with van der Waals surface area (Å²) >= 11 is 2.84. The maximum absolute atomic E-state index is 13.6. The monoisotopic (exact) mass is 308 g/mol. The first-order chi connectivity index (χ1) is 9.61. The highest BCUT2D eigenvalue weighted by atomic mass is 32.2. The molecule has 3 rings (SSSR count). The molecular weight excluding hydrogens is 298 g/mol. The Hall–Kier alpha value is -1.66. The van der Waals surface area contributed by atoms with Gasteiger partial charge in [0.1, 0.15) is 16.6 Å². The first kappa shape index (κ1) is 13.3. The van der Waals surface area contributed by atoms with Crippen molar-refractivity contribution in [1.29, 1.82) is 0 Å². The number of rotatable bonds is 3. The first-order valence-corrected chi connectivity index (χ1v) is 7.65. The molecule has 0 aliphatic carbocycles. The van der Waals surface area contributed by atoms with Gasteiger partial charge in [0.15, 0.2) is 0 Å². The minimum absolute atomic E-state index is 0.375. The number of halogens is 2. The highest BCUT2D eigenvalue weighted by Gasteiger charge is 2.10. The van der Waals surface area contributed by atoms with Crippen LogP contribution in [0.3, 0.4) is 0 Å². The Kier molecular flexibility index (Phi) is 3.58. The van der Waals surface area contributed by atoms with Crippen molar-refractivity contribution in [2.24, 2.45) is 0 Å². The lowest BCUT2D eigenvalue weighted by molar-refractivity contribution is 0.593. The Bertz CT molecular complexity index is 754. The second-order valence-electron chi connectivity index (χ2n) is 4.20. The number of nitrogen functional groups attached to an aromatic ring is 1.